The molecular weight excluding hydrogens is 208 g/mol. The molecule has 0 radical (unpaired) electrons. The lowest BCUT2D eigenvalue weighted by Crippen LogP contribution is -2.14. The van der Waals surface area contributed by atoms with Gasteiger partial charge in [0.05, 0.1) is 0 Å². The maximum Gasteiger partial charge on any atom is 0.0487 e. The van der Waals surface area contributed by atoms with E-state index in [1.54, 1.807) is 0 Å². The molecule has 0 spiro atoms. The molecule has 3 aromatic rings. The maximum atomic E-state index is 3.19. The molecule has 0 bridgehead atoms. The molecule has 2 aromatic carbocycles. The van der Waals surface area contributed by atoms with Crippen LogP contribution in [0, 0.1) is 0 Å². The second kappa shape index (κ2) is 4.22. The summed E-state index contributed by atoms with van der Waals surface area (Å²) in [5.41, 5.74) is 1.32. The van der Waals surface area contributed by atoms with Crippen LogP contribution < -0.4 is 5.32 Å². The highest BCUT2D eigenvalue weighted by Gasteiger charge is 2.03. The summed E-state index contributed by atoms with van der Waals surface area (Å²) in [6.07, 6.45) is 2.18. The summed E-state index contributed by atoms with van der Waals surface area (Å²) in [6.45, 7) is 2.01. The first-order valence-electron chi connectivity index (χ1n) is 6.01. The first-order valence-corrected chi connectivity index (χ1v) is 6.01. The summed E-state index contributed by atoms with van der Waals surface area (Å²) in [6, 6.07) is 15.2. The number of nitrogens with zero attached hydrogens (tertiary/aromatic N) is 1. The number of nitrogens with one attached hydrogen (secondary N) is 1. The average molecular weight is 224 g/mol. The quantitative estimate of drug-likeness (QED) is 0.723. The molecule has 0 saturated carbocycles. The Kier molecular flexibility index (Phi) is 2.57. The molecule has 86 valence electrons. The summed E-state index contributed by atoms with van der Waals surface area (Å²) in [4.78, 5) is 0. The zero-order chi connectivity index (χ0) is 11.7. The predicted molar refractivity (Wildman–Crippen MR) is 73.4 cm³/mol. The minimum absolute atomic E-state index is 0.997. The van der Waals surface area contributed by atoms with Gasteiger partial charge in [0.15, 0.2) is 0 Å². The topological polar surface area (TPSA) is 17.0 Å². The van der Waals surface area contributed by atoms with Crippen LogP contribution in [-0.2, 0) is 6.54 Å². The molecular formula is C15H16N2. The lowest BCUT2D eigenvalue weighted by atomic mass is 10.1. The minimum Gasteiger partial charge on any atom is -0.346 e. The van der Waals surface area contributed by atoms with Crippen molar-refractivity contribution >= 4 is 21.7 Å². The Bertz CT molecular complexity index is 652. The Hall–Kier alpha value is -1.80. The first kappa shape index (κ1) is 10.4. The van der Waals surface area contributed by atoms with Crippen LogP contribution in [0.25, 0.3) is 21.7 Å². The molecule has 2 heteroatoms. The number of hydrogen-bond acceptors (Lipinski definition) is 1. The molecule has 3 rings (SSSR count). The SMILES string of the molecule is CNCCn1ccc2c3ccccc3ccc21. The van der Waals surface area contributed by atoms with Crippen LogP contribution in [0.15, 0.2) is 48.7 Å². The van der Waals surface area contributed by atoms with Crippen molar-refractivity contribution < 1.29 is 0 Å². The van der Waals surface area contributed by atoms with Crippen molar-refractivity contribution in [2.75, 3.05) is 13.6 Å². The first-order chi connectivity index (χ1) is 8.40. The molecule has 0 amide bonds. The standard InChI is InChI=1S/C15H16N2/c1-16-9-11-17-10-8-14-13-5-3-2-4-12(13)6-7-15(14)17/h2-8,10,16H,9,11H2,1H3. The number of hydrogen-bond donors (Lipinski definition) is 1. The molecule has 0 fully saturated rings. The Balaban J connectivity index is 2.20. The second-order valence-corrected chi connectivity index (χ2v) is 4.33. The van der Waals surface area contributed by atoms with E-state index in [4.69, 9.17) is 0 Å². The van der Waals surface area contributed by atoms with Gasteiger partial charge in [-0.1, -0.05) is 30.3 Å². The number of likely N-dealkylation sites (N-methyl/N-ethyl adjacent to an activating group) is 1. The maximum absolute atomic E-state index is 3.19. The Morgan fingerprint density at radius 2 is 1.88 bits per heavy atom. The van der Waals surface area contributed by atoms with Crippen LogP contribution in [0.2, 0.25) is 0 Å². The van der Waals surface area contributed by atoms with Gasteiger partial charge < -0.3 is 9.88 Å². The van der Waals surface area contributed by atoms with E-state index in [1.807, 2.05) is 7.05 Å². The summed E-state index contributed by atoms with van der Waals surface area (Å²) in [5, 5.41) is 7.19. The summed E-state index contributed by atoms with van der Waals surface area (Å²) in [5.74, 6) is 0. The van der Waals surface area contributed by atoms with Crippen molar-refractivity contribution in [3.05, 3.63) is 48.7 Å². The predicted octanol–water partition coefficient (Wildman–Crippen LogP) is 3.01. The largest absolute Gasteiger partial charge is 0.346 e. The van der Waals surface area contributed by atoms with E-state index in [9.17, 15) is 0 Å². The van der Waals surface area contributed by atoms with Crippen LogP contribution in [0.3, 0.4) is 0 Å². The van der Waals surface area contributed by atoms with Crippen molar-refractivity contribution in [3.8, 4) is 0 Å². The van der Waals surface area contributed by atoms with Gasteiger partial charge in [0, 0.05) is 30.2 Å². The van der Waals surface area contributed by atoms with E-state index in [-0.39, 0.29) is 0 Å². The number of fused-ring (bicyclic) bond motifs is 3. The molecule has 17 heavy (non-hydrogen) atoms. The summed E-state index contributed by atoms with van der Waals surface area (Å²) in [7, 11) is 1.99. The van der Waals surface area contributed by atoms with Crippen LogP contribution in [0.1, 0.15) is 0 Å². The summed E-state index contributed by atoms with van der Waals surface area (Å²) >= 11 is 0. The Morgan fingerprint density at radius 1 is 1.00 bits per heavy atom. The van der Waals surface area contributed by atoms with Crippen molar-refractivity contribution in [2.45, 2.75) is 6.54 Å². The monoisotopic (exact) mass is 224 g/mol. The van der Waals surface area contributed by atoms with Gasteiger partial charge in [0.2, 0.25) is 0 Å². The molecule has 1 N–H and O–H groups in total. The van der Waals surface area contributed by atoms with E-state index in [1.165, 1.54) is 21.7 Å². The molecule has 0 atom stereocenters. The molecule has 1 heterocycles. The number of rotatable bonds is 3. The van der Waals surface area contributed by atoms with Gasteiger partial charge in [-0.2, -0.15) is 0 Å². The highest BCUT2D eigenvalue weighted by atomic mass is 15.0. The Labute approximate surface area is 101 Å². The molecule has 0 saturated heterocycles. The molecule has 2 nitrogen and oxygen atoms in total. The normalized spacial score (nSPS) is 11.4. The lowest BCUT2D eigenvalue weighted by molar-refractivity contribution is 0.662. The average Bonchev–Trinajstić information content (AvgIpc) is 2.80. The van der Waals surface area contributed by atoms with Gasteiger partial charge in [-0.3, -0.25) is 0 Å². The second-order valence-electron chi connectivity index (χ2n) is 4.33. The van der Waals surface area contributed by atoms with E-state index in [0.29, 0.717) is 0 Å². The van der Waals surface area contributed by atoms with Gasteiger partial charge in [-0.15, -0.1) is 0 Å². The van der Waals surface area contributed by atoms with Crippen LogP contribution in [0.4, 0.5) is 0 Å². The number of benzene rings is 2. The summed E-state index contributed by atoms with van der Waals surface area (Å²) < 4.78 is 2.30. The molecule has 0 aliphatic carbocycles. The fourth-order valence-corrected chi connectivity index (χ4v) is 2.38. The number of aromatic nitrogens is 1. The van der Waals surface area contributed by atoms with Gasteiger partial charge in [0.25, 0.3) is 0 Å². The highest BCUT2D eigenvalue weighted by molar-refractivity contribution is 6.06. The third-order valence-electron chi connectivity index (χ3n) is 3.28. The van der Waals surface area contributed by atoms with Crippen molar-refractivity contribution in [1.29, 1.82) is 0 Å². The zero-order valence-electron chi connectivity index (χ0n) is 9.98. The highest BCUT2D eigenvalue weighted by Crippen LogP contribution is 2.25. The molecule has 0 unspecified atom stereocenters. The van der Waals surface area contributed by atoms with E-state index in [0.717, 1.165) is 13.1 Å². The van der Waals surface area contributed by atoms with Crippen molar-refractivity contribution in [1.82, 2.24) is 9.88 Å². The fraction of sp³-hybridized carbons (Fsp3) is 0.200. The van der Waals surface area contributed by atoms with Gasteiger partial charge in [0.1, 0.15) is 0 Å². The van der Waals surface area contributed by atoms with Gasteiger partial charge >= 0.3 is 0 Å². The third-order valence-corrected chi connectivity index (χ3v) is 3.28. The Morgan fingerprint density at radius 3 is 2.76 bits per heavy atom. The van der Waals surface area contributed by atoms with Crippen LogP contribution >= 0.6 is 0 Å². The molecule has 0 aliphatic heterocycles. The van der Waals surface area contributed by atoms with Crippen LogP contribution in [-0.4, -0.2) is 18.2 Å². The molecule has 1 aromatic heterocycles. The van der Waals surface area contributed by atoms with Crippen LogP contribution in [0.5, 0.6) is 0 Å². The van der Waals surface area contributed by atoms with E-state index in [2.05, 4.69) is 58.5 Å². The third kappa shape index (κ3) is 1.71. The van der Waals surface area contributed by atoms with E-state index < -0.39 is 0 Å². The van der Waals surface area contributed by atoms with Gasteiger partial charge in [-0.05, 0) is 30.0 Å². The minimum atomic E-state index is 0.997. The smallest absolute Gasteiger partial charge is 0.0487 e. The van der Waals surface area contributed by atoms with Gasteiger partial charge in [-0.25, -0.2) is 0 Å². The zero-order valence-corrected chi connectivity index (χ0v) is 9.98. The van der Waals surface area contributed by atoms with E-state index >= 15 is 0 Å². The molecule has 0 aliphatic rings. The van der Waals surface area contributed by atoms with Crippen molar-refractivity contribution in [2.24, 2.45) is 0 Å². The fourth-order valence-electron chi connectivity index (χ4n) is 2.38. The van der Waals surface area contributed by atoms with Crippen molar-refractivity contribution in [3.63, 3.8) is 0 Å². The lowest BCUT2D eigenvalue weighted by Gasteiger charge is -2.05.